The first kappa shape index (κ1) is 12.5. The predicted octanol–water partition coefficient (Wildman–Crippen LogP) is 2.25. The highest BCUT2D eigenvalue weighted by Crippen LogP contribution is 2.35. The van der Waals surface area contributed by atoms with Crippen LogP contribution in [0.1, 0.15) is 52.9 Å². The summed E-state index contributed by atoms with van der Waals surface area (Å²) in [5, 5.41) is 3.57. The summed E-state index contributed by atoms with van der Waals surface area (Å²) in [5.74, 6) is -0.0944. The summed E-state index contributed by atoms with van der Waals surface area (Å²) in [5.41, 5.74) is 0.311. The summed E-state index contributed by atoms with van der Waals surface area (Å²) in [6.45, 7) is 6.59. The largest absolute Gasteiger partial charge is 0.466 e. The van der Waals surface area contributed by atoms with Gasteiger partial charge in [0.25, 0.3) is 0 Å². The molecule has 1 unspecified atom stereocenters. The molecule has 0 amide bonds. The van der Waals surface area contributed by atoms with Crippen LogP contribution >= 0.6 is 0 Å². The standard InChI is InChI=1S/C12H23NO2/c1-4-12(7-6-8-12)13-10(3)9-11(14)15-5-2/h10,13H,4-9H2,1-3H3. The van der Waals surface area contributed by atoms with Gasteiger partial charge >= 0.3 is 5.97 Å². The number of carbonyl (C=O) groups is 1. The highest BCUT2D eigenvalue weighted by Gasteiger charge is 2.35. The molecule has 1 atom stereocenters. The highest BCUT2D eigenvalue weighted by molar-refractivity contribution is 5.70. The summed E-state index contributed by atoms with van der Waals surface area (Å²) in [6, 6.07) is 0.226. The van der Waals surface area contributed by atoms with E-state index in [1.165, 1.54) is 19.3 Å². The molecule has 0 aromatic rings. The minimum atomic E-state index is -0.0944. The first-order chi connectivity index (χ1) is 7.12. The minimum absolute atomic E-state index is 0.0944. The molecular formula is C12H23NO2. The van der Waals surface area contributed by atoms with Gasteiger partial charge in [-0.05, 0) is 39.5 Å². The van der Waals surface area contributed by atoms with Gasteiger partial charge in [-0.3, -0.25) is 4.79 Å². The van der Waals surface area contributed by atoms with Gasteiger partial charge in [-0.15, -0.1) is 0 Å². The Morgan fingerprint density at radius 3 is 2.53 bits per heavy atom. The normalized spacial score (nSPS) is 20.5. The molecule has 1 rings (SSSR count). The van der Waals surface area contributed by atoms with Crippen LogP contribution in [0.5, 0.6) is 0 Å². The molecule has 88 valence electrons. The molecule has 1 saturated carbocycles. The fourth-order valence-corrected chi connectivity index (χ4v) is 2.25. The Hall–Kier alpha value is -0.570. The van der Waals surface area contributed by atoms with Crippen LogP contribution in [0, 0.1) is 0 Å². The van der Waals surface area contributed by atoms with Gasteiger partial charge in [0.1, 0.15) is 0 Å². The topological polar surface area (TPSA) is 38.3 Å². The molecule has 0 bridgehead atoms. The van der Waals surface area contributed by atoms with Gasteiger partial charge in [0, 0.05) is 11.6 Å². The Kier molecular flexibility index (Phi) is 4.58. The van der Waals surface area contributed by atoms with Crippen LogP contribution in [0.25, 0.3) is 0 Å². The second-order valence-corrected chi connectivity index (χ2v) is 4.54. The van der Waals surface area contributed by atoms with Gasteiger partial charge in [-0.1, -0.05) is 6.92 Å². The maximum absolute atomic E-state index is 11.3. The Balaban J connectivity index is 2.28. The van der Waals surface area contributed by atoms with Crippen LogP contribution in [0.3, 0.4) is 0 Å². The first-order valence-electron chi connectivity index (χ1n) is 6.05. The van der Waals surface area contributed by atoms with Crippen LogP contribution in [-0.2, 0) is 9.53 Å². The second kappa shape index (κ2) is 5.50. The van der Waals surface area contributed by atoms with E-state index >= 15 is 0 Å². The van der Waals surface area contributed by atoms with Crippen molar-refractivity contribution >= 4 is 5.97 Å². The summed E-state index contributed by atoms with van der Waals surface area (Å²) in [4.78, 5) is 11.3. The van der Waals surface area contributed by atoms with Crippen molar-refractivity contribution in [3.63, 3.8) is 0 Å². The van der Waals surface area contributed by atoms with Crippen LogP contribution in [0.15, 0.2) is 0 Å². The van der Waals surface area contributed by atoms with E-state index in [1.807, 2.05) is 6.92 Å². The van der Waals surface area contributed by atoms with Crippen LogP contribution < -0.4 is 5.32 Å². The Morgan fingerprint density at radius 1 is 1.47 bits per heavy atom. The number of esters is 1. The third-order valence-corrected chi connectivity index (χ3v) is 3.32. The lowest BCUT2D eigenvalue weighted by atomic mass is 9.74. The van der Waals surface area contributed by atoms with Gasteiger partial charge in [0.2, 0.25) is 0 Å². The van der Waals surface area contributed by atoms with E-state index in [9.17, 15) is 4.79 Å². The Bertz CT molecular complexity index is 206. The monoisotopic (exact) mass is 213 g/mol. The molecule has 0 aromatic carbocycles. The molecule has 0 radical (unpaired) electrons. The van der Waals surface area contributed by atoms with Crippen LogP contribution in [-0.4, -0.2) is 24.2 Å². The SMILES string of the molecule is CCOC(=O)CC(C)NC1(CC)CCC1. The molecule has 3 nitrogen and oxygen atoms in total. The zero-order valence-electron chi connectivity index (χ0n) is 10.1. The van der Waals surface area contributed by atoms with Crippen molar-refractivity contribution in [2.24, 2.45) is 0 Å². The minimum Gasteiger partial charge on any atom is -0.466 e. The molecule has 1 aliphatic rings. The molecule has 0 saturated heterocycles. The van der Waals surface area contributed by atoms with Gasteiger partial charge in [0.05, 0.1) is 13.0 Å². The number of hydrogen-bond donors (Lipinski definition) is 1. The third kappa shape index (κ3) is 3.49. The molecule has 1 N–H and O–H groups in total. The predicted molar refractivity (Wildman–Crippen MR) is 60.7 cm³/mol. The van der Waals surface area contributed by atoms with Crippen molar-refractivity contribution in [1.82, 2.24) is 5.32 Å². The average Bonchev–Trinajstić information content (AvgIpc) is 2.11. The van der Waals surface area contributed by atoms with E-state index < -0.39 is 0 Å². The quantitative estimate of drug-likeness (QED) is 0.688. The lowest BCUT2D eigenvalue weighted by Gasteiger charge is -2.44. The van der Waals surface area contributed by atoms with Crippen molar-refractivity contribution < 1.29 is 9.53 Å². The summed E-state index contributed by atoms with van der Waals surface area (Å²) >= 11 is 0. The maximum atomic E-state index is 11.3. The first-order valence-corrected chi connectivity index (χ1v) is 6.05. The fraction of sp³-hybridized carbons (Fsp3) is 0.917. The molecule has 3 heteroatoms. The zero-order valence-corrected chi connectivity index (χ0v) is 10.1. The van der Waals surface area contributed by atoms with E-state index in [0.29, 0.717) is 18.6 Å². The van der Waals surface area contributed by atoms with E-state index in [0.717, 1.165) is 6.42 Å². The number of nitrogens with one attached hydrogen (secondary N) is 1. The summed E-state index contributed by atoms with van der Waals surface area (Å²) < 4.78 is 4.93. The summed E-state index contributed by atoms with van der Waals surface area (Å²) in [7, 11) is 0. The third-order valence-electron chi connectivity index (χ3n) is 3.32. The molecule has 0 spiro atoms. The molecule has 1 fully saturated rings. The van der Waals surface area contributed by atoms with E-state index in [2.05, 4.69) is 19.2 Å². The summed E-state index contributed by atoms with van der Waals surface area (Å²) in [6.07, 6.45) is 5.44. The van der Waals surface area contributed by atoms with Gasteiger partial charge in [-0.2, -0.15) is 0 Å². The fourth-order valence-electron chi connectivity index (χ4n) is 2.25. The molecule has 0 heterocycles. The van der Waals surface area contributed by atoms with Crippen molar-refractivity contribution in [2.45, 2.75) is 64.5 Å². The lowest BCUT2D eigenvalue weighted by Crippen LogP contribution is -2.54. The van der Waals surface area contributed by atoms with E-state index in [1.54, 1.807) is 0 Å². The number of rotatable bonds is 6. The molecule has 0 aromatic heterocycles. The lowest BCUT2D eigenvalue weighted by molar-refractivity contribution is -0.143. The van der Waals surface area contributed by atoms with Crippen molar-refractivity contribution in [3.8, 4) is 0 Å². The van der Waals surface area contributed by atoms with Crippen molar-refractivity contribution in [1.29, 1.82) is 0 Å². The molecule has 1 aliphatic carbocycles. The Labute approximate surface area is 92.6 Å². The average molecular weight is 213 g/mol. The van der Waals surface area contributed by atoms with Crippen molar-refractivity contribution in [3.05, 3.63) is 0 Å². The Morgan fingerprint density at radius 2 is 2.13 bits per heavy atom. The maximum Gasteiger partial charge on any atom is 0.307 e. The van der Waals surface area contributed by atoms with Gasteiger partial charge in [-0.25, -0.2) is 0 Å². The van der Waals surface area contributed by atoms with E-state index in [4.69, 9.17) is 4.74 Å². The molecular weight excluding hydrogens is 190 g/mol. The van der Waals surface area contributed by atoms with Crippen LogP contribution in [0.2, 0.25) is 0 Å². The second-order valence-electron chi connectivity index (χ2n) is 4.54. The van der Waals surface area contributed by atoms with E-state index in [-0.39, 0.29) is 12.0 Å². The molecule has 0 aliphatic heterocycles. The smallest absolute Gasteiger partial charge is 0.307 e. The van der Waals surface area contributed by atoms with Crippen LogP contribution in [0.4, 0.5) is 0 Å². The number of carbonyl (C=O) groups excluding carboxylic acids is 1. The molecule has 15 heavy (non-hydrogen) atoms. The van der Waals surface area contributed by atoms with Gasteiger partial charge in [0.15, 0.2) is 0 Å². The zero-order chi connectivity index (χ0) is 11.3. The van der Waals surface area contributed by atoms with Crippen molar-refractivity contribution in [2.75, 3.05) is 6.61 Å². The highest BCUT2D eigenvalue weighted by atomic mass is 16.5. The van der Waals surface area contributed by atoms with Gasteiger partial charge < -0.3 is 10.1 Å². The number of hydrogen-bond acceptors (Lipinski definition) is 3. The number of ether oxygens (including phenoxy) is 1.